The molecule has 1 aromatic carbocycles. The summed E-state index contributed by atoms with van der Waals surface area (Å²) < 4.78 is 0. The lowest BCUT2D eigenvalue weighted by molar-refractivity contribution is 0.562. The van der Waals surface area contributed by atoms with Gasteiger partial charge in [0.2, 0.25) is 0 Å². The van der Waals surface area contributed by atoms with E-state index in [9.17, 15) is 0 Å². The molecule has 0 amide bonds. The Balaban J connectivity index is 2.52. The van der Waals surface area contributed by atoms with E-state index in [0.717, 1.165) is 19.5 Å². The molecule has 0 saturated heterocycles. The van der Waals surface area contributed by atoms with Crippen molar-refractivity contribution in [3.8, 4) is 0 Å². The zero-order valence-electron chi connectivity index (χ0n) is 10.5. The van der Waals surface area contributed by atoms with Crippen LogP contribution in [0.15, 0.2) is 24.3 Å². The first-order chi connectivity index (χ1) is 7.65. The Kier molecular flexibility index (Phi) is 5.29. The Labute approximate surface area is 98.6 Å². The second kappa shape index (κ2) is 6.51. The van der Waals surface area contributed by atoms with E-state index in [0.29, 0.717) is 6.04 Å². The fraction of sp³-hybridized carbons (Fsp3) is 0.538. The van der Waals surface area contributed by atoms with Gasteiger partial charge in [-0.15, -0.1) is 0 Å². The van der Waals surface area contributed by atoms with Crippen molar-refractivity contribution in [1.29, 1.82) is 0 Å². The van der Waals surface area contributed by atoms with Crippen molar-refractivity contribution in [2.45, 2.75) is 19.4 Å². The van der Waals surface area contributed by atoms with Gasteiger partial charge in [0.1, 0.15) is 0 Å². The van der Waals surface area contributed by atoms with Crippen LogP contribution in [-0.2, 0) is 0 Å². The largest absolute Gasteiger partial charge is 0.378 e. The molecule has 1 aromatic rings. The highest BCUT2D eigenvalue weighted by atomic mass is 15.1. The van der Waals surface area contributed by atoms with Crippen molar-refractivity contribution >= 4 is 5.69 Å². The highest BCUT2D eigenvalue weighted by Gasteiger charge is 2.04. The van der Waals surface area contributed by atoms with E-state index in [1.807, 2.05) is 0 Å². The lowest BCUT2D eigenvalue weighted by atomic mass is 10.1. The molecule has 1 unspecified atom stereocenters. The Bertz CT molecular complexity index is 293. The molecule has 0 bridgehead atoms. The Morgan fingerprint density at radius 3 is 2.38 bits per heavy atom. The molecule has 0 saturated carbocycles. The minimum Gasteiger partial charge on any atom is -0.378 e. The number of nitrogens with two attached hydrogens (primary N) is 1. The van der Waals surface area contributed by atoms with Gasteiger partial charge in [-0.1, -0.05) is 12.1 Å². The number of benzene rings is 1. The smallest absolute Gasteiger partial charge is 0.0361 e. The van der Waals surface area contributed by atoms with Crippen LogP contribution in [0.3, 0.4) is 0 Å². The summed E-state index contributed by atoms with van der Waals surface area (Å²) in [5, 5.41) is 3.45. The van der Waals surface area contributed by atoms with E-state index in [4.69, 9.17) is 5.73 Å². The van der Waals surface area contributed by atoms with Crippen molar-refractivity contribution in [2.75, 3.05) is 32.1 Å². The van der Waals surface area contributed by atoms with Gasteiger partial charge in [-0.2, -0.15) is 0 Å². The zero-order chi connectivity index (χ0) is 12.0. The van der Waals surface area contributed by atoms with Gasteiger partial charge >= 0.3 is 0 Å². The van der Waals surface area contributed by atoms with Crippen LogP contribution >= 0.6 is 0 Å². The van der Waals surface area contributed by atoms with Crippen LogP contribution in [0.5, 0.6) is 0 Å². The Morgan fingerprint density at radius 2 is 1.88 bits per heavy atom. The summed E-state index contributed by atoms with van der Waals surface area (Å²) in [5.74, 6) is 0. The molecule has 0 aliphatic heterocycles. The summed E-state index contributed by atoms with van der Waals surface area (Å²) in [6.45, 7) is 3.91. The Hall–Kier alpha value is -1.06. The monoisotopic (exact) mass is 221 g/mol. The van der Waals surface area contributed by atoms with Gasteiger partial charge in [0.05, 0.1) is 0 Å². The summed E-state index contributed by atoms with van der Waals surface area (Å²) in [6, 6.07) is 9.04. The van der Waals surface area contributed by atoms with Crippen LogP contribution in [0.25, 0.3) is 0 Å². The van der Waals surface area contributed by atoms with E-state index in [1.165, 1.54) is 11.3 Å². The molecule has 0 radical (unpaired) electrons. The first kappa shape index (κ1) is 13.0. The average Bonchev–Trinajstić information content (AvgIpc) is 2.29. The van der Waals surface area contributed by atoms with Crippen molar-refractivity contribution in [3.63, 3.8) is 0 Å². The molecule has 0 fully saturated rings. The van der Waals surface area contributed by atoms with Crippen LogP contribution in [0, 0.1) is 0 Å². The highest BCUT2D eigenvalue weighted by molar-refractivity contribution is 5.46. The van der Waals surface area contributed by atoms with Crippen LogP contribution in [0.4, 0.5) is 5.69 Å². The Morgan fingerprint density at radius 1 is 1.25 bits per heavy atom. The van der Waals surface area contributed by atoms with Gasteiger partial charge in [-0.25, -0.2) is 0 Å². The van der Waals surface area contributed by atoms with Crippen LogP contribution < -0.4 is 16.0 Å². The van der Waals surface area contributed by atoms with E-state index in [1.54, 1.807) is 0 Å². The second-order valence-electron chi connectivity index (χ2n) is 4.30. The summed E-state index contributed by atoms with van der Waals surface area (Å²) in [4.78, 5) is 2.11. The fourth-order valence-electron chi connectivity index (χ4n) is 1.60. The number of anilines is 1. The molecule has 16 heavy (non-hydrogen) atoms. The summed E-state index contributed by atoms with van der Waals surface area (Å²) in [6.07, 6.45) is 1.03. The fourth-order valence-corrected chi connectivity index (χ4v) is 1.60. The van der Waals surface area contributed by atoms with Crippen LogP contribution in [0.1, 0.15) is 24.9 Å². The normalized spacial score (nSPS) is 12.5. The van der Waals surface area contributed by atoms with Crippen molar-refractivity contribution in [2.24, 2.45) is 5.73 Å². The number of hydrogen-bond acceptors (Lipinski definition) is 3. The number of rotatable bonds is 6. The third kappa shape index (κ3) is 3.83. The van der Waals surface area contributed by atoms with Gasteiger partial charge in [-0.05, 0) is 44.1 Å². The molecule has 0 aliphatic rings. The predicted octanol–water partition coefficient (Wildman–Crippen LogP) is 1.75. The number of hydrogen-bond donors (Lipinski definition) is 2. The number of nitrogens with one attached hydrogen (secondary N) is 1. The van der Waals surface area contributed by atoms with E-state index in [-0.39, 0.29) is 0 Å². The van der Waals surface area contributed by atoms with Crippen LogP contribution in [0.2, 0.25) is 0 Å². The third-order valence-electron chi connectivity index (χ3n) is 2.74. The topological polar surface area (TPSA) is 41.3 Å². The number of nitrogens with zero attached hydrogens (tertiary/aromatic N) is 1. The lowest BCUT2D eigenvalue weighted by Crippen LogP contribution is -2.21. The second-order valence-corrected chi connectivity index (χ2v) is 4.30. The first-order valence-corrected chi connectivity index (χ1v) is 5.86. The summed E-state index contributed by atoms with van der Waals surface area (Å²) >= 11 is 0. The molecule has 3 N–H and O–H groups in total. The van der Waals surface area contributed by atoms with E-state index < -0.39 is 0 Å². The SMILES string of the molecule is CC(NCCCN)c1ccc(N(C)C)cc1. The quantitative estimate of drug-likeness (QED) is 0.719. The average molecular weight is 221 g/mol. The summed E-state index contributed by atoms with van der Waals surface area (Å²) in [7, 11) is 4.11. The molecule has 0 aromatic heterocycles. The molecule has 1 atom stereocenters. The standard InChI is InChI=1S/C13H23N3/c1-11(15-10-4-9-14)12-5-7-13(8-6-12)16(2)3/h5-8,11,15H,4,9-10,14H2,1-3H3. The molecular formula is C13H23N3. The van der Waals surface area contributed by atoms with Gasteiger partial charge in [0.15, 0.2) is 0 Å². The maximum absolute atomic E-state index is 5.46. The molecule has 0 heterocycles. The minimum absolute atomic E-state index is 0.391. The van der Waals surface area contributed by atoms with Crippen LogP contribution in [-0.4, -0.2) is 27.2 Å². The highest BCUT2D eigenvalue weighted by Crippen LogP contribution is 2.17. The maximum atomic E-state index is 5.46. The van der Waals surface area contributed by atoms with E-state index >= 15 is 0 Å². The third-order valence-corrected chi connectivity index (χ3v) is 2.74. The van der Waals surface area contributed by atoms with Crippen molar-refractivity contribution in [1.82, 2.24) is 5.32 Å². The molecule has 0 spiro atoms. The molecule has 0 aliphatic carbocycles. The zero-order valence-corrected chi connectivity index (χ0v) is 10.5. The van der Waals surface area contributed by atoms with Gasteiger partial charge in [-0.3, -0.25) is 0 Å². The lowest BCUT2D eigenvalue weighted by Gasteiger charge is -2.16. The van der Waals surface area contributed by atoms with Gasteiger partial charge < -0.3 is 16.0 Å². The summed E-state index contributed by atoms with van der Waals surface area (Å²) in [5.41, 5.74) is 8.02. The molecule has 3 nitrogen and oxygen atoms in total. The van der Waals surface area contributed by atoms with Crippen molar-refractivity contribution < 1.29 is 0 Å². The van der Waals surface area contributed by atoms with Gasteiger partial charge in [0.25, 0.3) is 0 Å². The van der Waals surface area contributed by atoms with E-state index in [2.05, 4.69) is 55.5 Å². The minimum atomic E-state index is 0.391. The molecule has 3 heteroatoms. The molecular weight excluding hydrogens is 198 g/mol. The maximum Gasteiger partial charge on any atom is 0.0361 e. The van der Waals surface area contributed by atoms with Gasteiger partial charge in [0, 0.05) is 25.8 Å². The first-order valence-electron chi connectivity index (χ1n) is 5.86. The van der Waals surface area contributed by atoms with Crippen molar-refractivity contribution in [3.05, 3.63) is 29.8 Å². The predicted molar refractivity (Wildman–Crippen MR) is 70.9 cm³/mol. The molecule has 1 rings (SSSR count). The molecule has 90 valence electrons.